The first-order chi connectivity index (χ1) is 15.7. The second-order valence-electron chi connectivity index (χ2n) is 9.01. The van der Waals surface area contributed by atoms with Crippen molar-refractivity contribution in [2.75, 3.05) is 0 Å². The van der Waals surface area contributed by atoms with Crippen LogP contribution in [0, 0.1) is 24.7 Å². The molecule has 0 aliphatic heterocycles. The van der Waals surface area contributed by atoms with E-state index in [1.165, 1.54) is 109 Å². The smallest absolute Gasteiger partial charge is 0.133 e. The molecule has 0 radical (unpaired) electrons. The minimum atomic E-state index is -0.720. The van der Waals surface area contributed by atoms with Gasteiger partial charge in [0.1, 0.15) is 12.2 Å². The molecule has 0 bridgehead atoms. The summed E-state index contributed by atoms with van der Waals surface area (Å²) in [7, 11) is 0. The van der Waals surface area contributed by atoms with E-state index in [4.69, 9.17) is 12.8 Å². The van der Waals surface area contributed by atoms with Crippen LogP contribution in [0.5, 0.6) is 0 Å². The molecule has 2 atom stereocenters. The maximum Gasteiger partial charge on any atom is 0.133 e. The zero-order valence-electron chi connectivity index (χ0n) is 20.7. The molecule has 0 aromatic heterocycles. The molecule has 0 aromatic rings. The topological polar surface area (TPSA) is 40.5 Å². The number of unbranched alkanes of at least 4 members (excludes halogenated alkanes) is 17. The highest BCUT2D eigenvalue weighted by atomic mass is 16.3. The monoisotopic (exact) mass is 442 g/mol. The van der Waals surface area contributed by atoms with Gasteiger partial charge >= 0.3 is 0 Å². The molecular formula is C30H50O2. The van der Waals surface area contributed by atoms with E-state index in [1.807, 2.05) is 6.08 Å². The molecule has 0 spiro atoms. The van der Waals surface area contributed by atoms with E-state index in [0.29, 0.717) is 0 Å². The lowest BCUT2D eigenvalue weighted by atomic mass is 10.0. The van der Waals surface area contributed by atoms with E-state index < -0.39 is 12.2 Å². The van der Waals surface area contributed by atoms with Crippen molar-refractivity contribution in [2.45, 2.75) is 141 Å². The molecule has 0 fully saturated rings. The molecule has 0 heterocycles. The Hall–Kier alpha value is -1.48. The zero-order chi connectivity index (χ0) is 23.5. The van der Waals surface area contributed by atoms with Crippen molar-refractivity contribution >= 4 is 0 Å². The number of allylic oxidation sites excluding steroid dienone is 3. The number of aliphatic hydroxyl groups is 2. The molecule has 2 N–H and O–H groups in total. The molecule has 0 saturated heterocycles. The third kappa shape index (κ3) is 24.8. The van der Waals surface area contributed by atoms with Gasteiger partial charge in [-0.15, -0.1) is 12.8 Å². The van der Waals surface area contributed by atoms with E-state index in [-0.39, 0.29) is 0 Å². The fourth-order valence-electron chi connectivity index (χ4n) is 3.85. The van der Waals surface area contributed by atoms with Gasteiger partial charge in [0.15, 0.2) is 0 Å². The molecule has 0 aliphatic carbocycles. The van der Waals surface area contributed by atoms with Crippen LogP contribution in [-0.2, 0) is 0 Å². The second kappa shape index (κ2) is 25.8. The Balaban J connectivity index is 3.17. The average Bonchev–Trinajstić information content (AvgIpc) is 2.81. The lowest BCUT2D eigenvalue weighted by Gasteiger charge is -2.03. The van der Waals surface area contributed by atoms with Crippen LogP contribution >= 0.6 is 0 Å². The van der Waals surface area contributed by atoms with E-state index >= 15 is 0 Å². The highest BCUT2D eigenvalue weighted by molar-refractivity contribution is 5.05. The third-order valence-electron chi connectivity index (χ3n) is 5.94. The number of aliphatic hydroxyl groups excluding tert-OH is 2. The first-order valence-corrected chi connectivity index (χ1v) is 13.3. The van der Waals surface area contributed by atoms with Crippen molar-refractivity contribution in [3.8, 4) is 24.7 Å². The SMILES string of the molecule is C#C[C@H](O)/C=C/CCCCCCCCC/C=C/CCCCCCCCCCC[C@@H](O)C#C. The van der Waals surface area contributed by atoms with Gasteiger partial charge in [-0.25, -0.2) is 0 Å². The summed E-state index contributed by atoms with van der Waals surface area (Å²) < 4.78 is 0. The van der Waals surface area contributed by atoms with Crippen LogP contribution in [0.15, 0.2) is 24.3 Å². The van der Waals surface area contributed by atoms with E-state index in [1.54, 1.807) is 6.08 Å². The molecule has 32 heavy (non-hydrogen) atoms. The Labute approximate surface area is 200 Å². The number of hydrogen-bond acceptors (Lipinski definition) is 2. The summed E-state index contributed by atoms with van der Waals surface area (Å²) in [6, 6.07) is 0. The Bertz CT molecular complexity index is 520. The van der Waals surface area contributed by atoms with Crippen LogP contribution in [0.2, 0.25) is 0 Å². The van der Waals surface area contributed by atoms with Gasteiger partial charge in [0.05, 0.1) is 0 Å². The minimum Gasteiger partial charge on any atom is -0.380 e. The molecule has 0 aromatic carbocycles. The summed E-state index contributed by atoms with van der Waals surface area (Å²) in [5.74, 6) is 4.66. The lowest BCUT2D eigenvalue weighted by molar-refractivity contribution is 0.217. The fourth-order valence-corrected chi connectivity index (χ4v) is 3.85. The van der Waals surface area contributed by atoms with Gasteiger partial charge in [-0.3, -0.25) is 0 Å². The predicted molar refractivity (Wildman–Crippen MR) is 140 cm³/mol. The van der Waals surface area contributed by atoms with Crippen molar-refractivity contribution in [3.63, 3.8) is 0 Å². The maximum absolute atomic E-state index is 9.29. The van der Waals surface area contributed by atoms with Crippen LogP contribution < -0.4 is 0 Å². The van der Waals surface area contributed by atoms with Crippen LogP contribution in [-0.4, -0.2) is 22.4 Å². The molecular weight excluding hydrogens is 392 g/mol. The highest BCUT2D eigenvalue weighted by Crippen LogP contribution is 2.13. The van der Waals surface area contributed by atoms with Crippen LogP contribution in [0.25, 0.3) is 0 Å². The Morgan fingerprint density at radius 1 is 0.500 bits per heavy atom. The molecule has 0 aliphatic rings. The first kappa shape index (κ1) is 30.5. The fraction of sp³-hybridized carbons (Fsp3) is 0.733. The van der Waals surface area contributed by atoms with Gasteiger partial charge in [-0.1, -0.05) is 107 Å². The van der Waals surface area contributed by atoms with E-state index in [2.05, 4.69) is 24.0 Å². The summed E-state index contributed by atoms with van der Waals surface area (Å²) >= 11 is 0. The summed E-state index contributed by atoms with van der Waals surface area (Å²) in [5, 5.41) is 18.5. The Morgan fingerprint density at radius 3 is 1.28 bits per heavy atom. The molecule has 0 amide bonds. The average molecular weight is 443 g/mol. The summed E-state index contributed by atoms with van der Waals surface area (Å²) in [4.78, 5) is 0. The van der Waals surface area contributed by atoms with Gasteiger partial charge in [0.25, 0.3) is 0 Å². The number of hydrogen-bond donors (Lipinski definition) is 2. The second-order valence-corrected chi connectivity index (χ2v) is 9.01. The highest BCUT2D eigenvalue weighted by Gasteiger charge is 1.98. The van der Waals surface area contributed by atoms with E-state index in [9.17, 15) is 10.2 Å². The first-order valence-electron chi connectivity index (χ1n) is 13.3. The van der Waals surface area contributed by atoms with Crippen molar-refractivity contribution in [1.29, 1.82) is 0 Å². The number of rotatable bonds is 23. The van der Waals surface area contributed by atoms with Gasteiger partial charge in [-0.05, 0) is 57.4 Å². The normalized spacial score (nSPS) is 13.4. The quantitative estimate of drug-likeness (QED) is 0.0959. The third-order valence-corrected chi connectivity index (χ3v) is 5.94. The van der Waals surface area contributed by atoms with E-state index in [0.717, 1.165) is 19.3 Å². The summed E-state index contributed by atoms with van der Waals surface area (Å²) in [6.07, 6.45) is 42.5. The maximum atomic E-state index is 9.29. The Morgan fingerprint density at radius 2 is 0.875 bits per heavy atom. The van der Waals surface area contributed by atoms with Crippen LogP contribution in [0.3, 0.4) is 0 Å². The van der Waals surface area contributed by atoms with Gasteiger partial charge in [0.2, 0.25) is 0 Å². The molecule has 182 valence electrons. The van der Waals surface area contributed by atoms with Crippen molar-refractivity contribution in [2.24, 2.45) is 0 Å². The lowest BCUT2D eigenvalue weighted by Crippen LogP contribution is -2.01. The van der Waals surface area contributed by atoms with Gasteiger partial charge in [-0.2, -0.15) is 0 Å². The molecule has 0 saturated carbocycles. The predicted octanol–water partition coefficient (Wildman–Crippen LogP) is 7.89. The van der Waals surface area contributed by atoms with Crippen molar-refractivity contribution < 1.29 is 10.2 Å². The molecule has 2 heteroatoms. The standard InChI is InChI=1S/C30H50O2/c1-3-29(31)27-25-23-21-19-17-15-13-11-9-7-5-6-8-10-12-14-16-18-20-22-24-26-28-30(32)4-2/h1-2,5-6,25,27,29-32H,7-24,26,28H2/b6-5+,27-25+/t29-,30-/m0/s1. The van der Waals surface area contributed by atoms with Gasteiger partial charge in [0, 0.05) is 0 Å². The summed E-state index contributed by atoms with van der Waals surface area (Å²) in [5.41, 5.74) is 0. The zero-order valence-corrected chi connectivity index (χ0v) is 20.7. The Kier molecular flexibility index (Phi) is 24.6. The molecule has 0 rings (SSSR count). The van der Waals surface area contributed by atoms with Crippen molar-refractivity contribution in [3.05, 3.63) is 24.3 Å². The van der Waals surface area contributed by atoms with Crippen LogP contribution in [0.1, 0.15) is 128 Å². The minimum absolute atomic E-state index is 0.541. The largest absolute Gasteiger partial charge is 0.380 e. The molecule has 2 nitrogen and oxygen atoms in total. The summed E-state index contributed by atoms with van der Waals surface area (Å²) in [6.45, 7) is 0. The van der Waals surface area contributed by atoms with Crippen LogP contribution in [0.4, 0.5) is 0 Å². The number of terminal acetylenes is 2. The van der Waals surface area contributed by atoms with Gasteiger partial charge < -0.3 is 10.2 Å². The van der Waals surface area contributed by atoms with Crippen molar-refractivity contribution in [1.82, 2.24) is 0 Å². The molecule has 0 unspecified atom stereocenters.